The molecular weight excluding hydrogens is 391 g/mol. The second-order valence-corrected chi connectivity index (χ2v) is 6.95. The molecule has 0 fully saturated rings. The van der Waals surface area contributed by atoms with Crippen LogP contribution >= 0.6 is 11.6 Å². The monoisotopic (exact) mass is 406 g/mol. The van der Waals surface area contributed by atoms with Gasteiger partial charge in [-0.05, 0) is 26.0 Å². The normalized spacial score (nSPS) is 11.4. The van der Waals surface area contributed by atoms with E-state index in [9.17, 15) is 19.3 Å². The molecule has 146 valence electrons. The van der Waals surface area contributed by atoms with Crippen LogP contribution in [0.25, 0.3) is 0 Å². The van der Waals surface area contributed by atoms with E-state index in [0.29, 0.717) is 5.69 Å². The molecule has 0 aliphatic heterocycles. The largest absolute Gasteiger partial charge is 0.321 e. The van der Waals surface area contributed by atoms with Crippen LogP contribution in [0.3, 0.4) is 0 Å². The lowest BCUT2D eigenvalue weighted by atomic mass is 10.1. The molecule has 0 spiro atoms. The third-order valence-corrected chi connectivity index (χ3v) is 4.54. The predicted molar refractivity (Wildman–Crippen MR) is 99.6 cm³/mol. The molecule has 1 N–H and O–H groups in total. The van der Waals surface area contributed by atoms with Gasteiger partial charge < -0.3 is 5.32 Å². The summed E-state index contributed by atoms with van der Waals surface area (Å²) in [5, 5.41) is 21.7. The standard InChI is InChI=1S/C17H16ClFN6O3/c1-17(2,24-9-12(7-21-24)25(27)28)16(26)22-11-6-20-23(8-11)10-13-14(18)4-3-5-15(13)19/h3-9H,10H2,1-2H3,(H,22,26). The van der Waals surface area contributed by atoms with E-state index in [-0.39, 0.29) is 22.8 Å². The Bertz CT molecular complexity index is 1020. The second-order valence-electron chi connectivity index (χ2n) is 6.54. The summed E-state index contributed by atoms with van der Waals surface area (Å²) < 4.78 is 16.6. The summed E-state index contributed by atoms with van der Waals surface area (Å²) in [4.78, 5) is 22.8. The number of hydrogen-bond acceptors (Lipinski definition) is 5. The average Bonchev–Trinajstić information content (AvgIpc) is 3.28. The lowest BCUT2D eigenvalue weighted by Crippen LogP contribution is -2.40. The fourth-order valence-corrected chi connectivity index (χ4v) is 2.68. The van der Waals surface area contributed by atoms with Crippen LogP contribution in [0.4, 0.5) is 15.8 Å². The molecule has 0 bridgehead atoms. The summed E-state index contributed by atoms with van der Waals surface area (Å²) in [5.41, 5.74) is -0.734. The van der Waals surface area contributed by atoms with Crippen LogP contribution in [-0.4, -0.2) is 30.4 Å². The summed E-state index contributed by atoms with van der Waals surface area (Å²) in [6, 6.07) is 4.40. The lowest BCUT2D eigenvalue weighted by molar-refractivity contribution is -0.385. The Hall–Kier alpha value is -3.27. The smallest absolute Gasteiger partial charge is 0.307 e. The predicted octanol–water partition coefficient (Wildman–Crippen LogP) is 3.20. The molecule has 11 heteroatoms. The molecule has 0 saturated carbocycles. The van der Waals surface area contributed by atoms with Gasteiger partial charge >= 0.3 is 5.69 Å². The highest BCUT2D eigenvalue weighted by molar-refractivity contribution is 6.31. The molecule has 28 heavy (non-hydrogen) atoms. The Morgan fingerprint density at radius 1 is 1.32 bits per heavy atom. The summed E-state index contributed by atoms with van der Waals surface area (Å²) in [7, 11) is 0. The number of anilines is 1. The minimum Gasteiger partial charge on any atom is -0.321 e. The number of carbonyl (C=O) groups excluding carboxylic acids is 1. The molecule has 2 aromatic heterocycles. The molecule has 0 atom stereocenters. The van der Waals surface area contributed by atoms with Gasteiger partial charge in [0.25, 0.3) is 5.91 Å². The maximum Gasteiger partial charge on any atom is 0.307 e. The Kier molecular flexibility index (Phi) is 5.14. The van der Waals surface area contributed by atoms with E-state index in [2.05, 4.69) is 15.5 Å². The van der Waals surface area contributed by atoms with E-state index in [1.807, 2.05) is 0 Å². The van der Waals surface area contributed by atoms with Crippen LogP contribution in [0.5, 0.6) is 0 Å². The van der Waals surface area contributed by atoms with Crippen LogP contribution in [-0.2, 0) is 16.9 Å². The molecule has 3 rings (SSSR count). The topological polar surface area (TPSA) is 108 Å². The number of nitrogens with one attached hydrogen (secondary N) is 1. The fraction of sp³-hybridized carbons (Fsp3) is 0.235. The molecule has 2 heterocycles. The van der Waals surface area contributed by atoms with Crippen molar-refractivity contribution in [3.05, 3.63) is 69.5 Å². The van der Waals surface area contributed by atoms with Gasteiger partial charge in [0, 0.05) is 16.8 Å². The first-order valence-electron chi connectivity index (χ1n) is 8.15. The summed E-state index contributed by atoms with van der Waals surface area (Å²) in [6.07, 6.45) is 5.20. The van der Waals surface area contributed by atoms with Crippen molar-refractivity contribution < 1.29 is 14.1 Å². The average molecular weight is 407 g/mol. The van der Waals surface area contributed by atoms with Crippen molar-refractivity contribution >= 4 is 28.9 Å². The molecular formula is C17H16ClFN6O3. The van der Waals surface area contributed by atoms with Crippen molar-refractivity contribution in [1.82, 2.24) is 19.6 Å². The second kappa shape index (κ2) is 7.39. The molecule has 3 aromatic rings. The van der Waals surface area contributed by atoms with E-state index >= 15 is 0 Å². The molecule has 9 nitrogen and oxygen atoms in total. The zero-order valence-electron chi connectivity index (χ0n) is 15.0. The third-order valence-electron chi connectivity index (χ3n) is 4.18. The maximum absolute atomic E-state index is 13.9. The Morgan fingerprint density at radius 2 is 2.07 bits per heavy atom. The van der Waals surface area contributed by atoms with Gasteiger partial charge in [0.2, 0.25) is 0 Å². The van der Waals surface area contributed by atoms with Crippen LogP contribution < -0.4 is 5.32 Å². The number of halogens is 2. The number of aromatic nitrogens is 4. The summed E-state index contributed by atoms with van der Waals surface area (Å²) in [6.45, 7) is 3.24. The number of carbonyl (C=O) groups is 1. The van der Waals surface area contributed by atoms with Gasteiger partial charge in [-0.25, -0.2) is 4.39 Å². The third kappa shape index (κ3) is 3.86. The first-order chi connectivity index (χ1) is 13.2. The van der Waals surface area contributed by atoms with Crippen molar-refractivity contribution in [2.24, 2.45) is 0 Å². The van der Waals surface area contributed by atoms with Crippen molar-refractivity contribution in [1.29, 1.82) is 0 Å². The minimum atomic E-state index is -1.19. The first-order valence-corrected chi connectivity index (χ1v) is 8.52. The maximum atomic E-state index is 13.9. The minimum absolute atomic E-state index is 0.0934. The number of nitro groups is 1. The van der Waals surface area contributed by atoms with Gasteiger partial charge in [-0.15, -0.1) is 0 Å². The first kappa shape index (κ1) is 19.5. The summed E-state index contributed by atoms with van der Waals surface area (Å²) in [5.74, 6) is -0.899. The van der Waals surface area contributed by atoms with Gasteiger partial charge in [-0.3, -0.25) is 24.3 Å². The van der Waals surface area contributed by atoms with Crippen LogP contribution in [0.2, 0.25) is 5.02 Å². The van der Waals surface area contributed by atoms with Crippen molar-refractivity contribution in [2.45, 2.75) is 25.9 Å². The van der Waals surface area contributed by atoms with Crippen molar-refractivity contribution in [2.75, 3.05) is 5.32 Å². The summed E-state index contributed by atoms with van der Waals surface area (Å²) >= 11 is 6.01. The number of amides is 1. The SMILES string of the molecule is CC(C)(C(=O)Nc1cnn(Cc2c(F)cccc2Cl)c1)n1cc([N+](=O)[O-])cn1. The van der Waals surface area contributed by atoms with E-state index in [1.54, 1.807) is 19.9 Å². The molecule has 1 aromatic carbocycles. The quantitative estimate of drug-likeness (QED) is 0.499. The number of benzene rings is 1. The molecule has 0 saturated heterocycles. The highest BCUT2D eigenvalue weighted by Gasteiger charge is 2.32. The number of hydrogen-bond donors (Lipinski definition) is 1. The highest BCUT2D eigenvalue weighted by Crippen LogP contribution is 2.22. The van der Waals surface area contributed by atoms with E-state index in [1.165, 1.54) is 40.1 Å². The van der Waals surface area contributed by atoms with Crippen LogP contribution in [0, 0.1) is 15.9 Å². The molecule has 1 amide bonds. The molecule has 0 aliphatic rings. The van der Waals surface area contributed by atoms with Gasteiger partial charge in [0.05, 0.1) is 23.4 Å². The molecule has 0 radical (unpaired) electrons. The Morgan fingerprint density at radius 3 is 2.71 bits per heavy atom. The highest BCUT2D eigenvalue weighted by atomic mass is 35.5. The Labute approximate surface area is 163 Å². The van der Waals surface area contributed by atoms with Gasteiger partial charge in [0.1, 0.15) is 23.7 Å². The lowest BCUT2D eigenvalue weighted by Gasteiger charge is -2.23. The molecule has 0 unspecified atom stereocenters. The van der Waals surface area contributed by atoms with Crippen LogP contribution in [0.1, 0.15) is 19.4 Å². The van der Waals surface area contributed by atoms with E-state index < -0.39 is 22.2 Å². The van der Waals surface area contributed by atoms with Crippen molar-refractivity contribution in [3.8, 4) is 0 Å². The van der Waals surface area contributed by atoms with E-state index in [0.717, 1.165) is 6.20 Å². The Balaban J connectivity index is 1.73. The number of rotatable bonds is 6. The fourth-order valence-electron chi connectivity index (χ4n) is 2.46. The van der Waals surface area contributed by atoms with E-state index in [4.69, 9.17) is 11.6 Å². The molecule has 0 aliphatic carbocycles. The van der Waals surface area contributed by atoms with Crippen LogP contribution in [0.15, 0.2) is 43.0 Å². The zero-order valence-corrected chi connectivity index (χ0v) is 15.7. The zero-order chi connectivity index (χ0) is 20.5. The van der Waals surface area contributed by atoms with Gasteiger partial charge in [0.15, 0.2) is 0 Å². The van der Waals surface area contributed by atoms with Crippen molar-refractivity contribution in [3.63, 3.8) is 0 Å². The number of nitrogens with zero attached hydrogens (tertiary/aromatic N) is 5. The van der Waals surface area contributed by atoms with Gasteiger partial charge in [-0.2, -0.15) is 10.2 Å². The van der Waals surface area contributed by atoms with Gasteiger partial charge in [-0.1, -0.05) is 17.7 Å².